The van der Waals surface area contributed by atoms with Crippen LogP contribution < -0.4 is 9.64 Å². The van der Waals surface area contributed by atoms with Crippen LogP contribution >= 0.6 is 0 Å². The van der Waals surface area contributed by atoms with E-state index in [-0.39, 0.29) is 0 Å². The first kappa shape index (κ1) is 28.9. The lowest BCUT2D eigenvalue weighted by atomic mass is 9.66. The number of fused-ring (bicyclic) bond motifs is 12. The zero-order chi connectivity index (χ0) is 34.2. The molecule has 0 saturated heterocycles. The molecule has 2 heterocycles. The van der Waals surface area contributed by atoms with E-state index < -0.39 is 5.41 Å². The molecule has 0 bridgehead atoms. The van der Waals surface area contributed by atoms with Crippen molar-refractivity contribution in [3.8, 4) is 33.8 Å². The monoisotopic (exact) mass is 665 g/mol. The van der Waals surface area contributed by atoms with Crippen LogP contribution in [0.15, 0.2) is 192 Å². The summed E-state index contributed by atoms with van der Waals surface area (Å²) < 4.78 is 13.4. The summed E-state index contributed by atoms with van der Waals surface area (Å²) in [4.78, 5) is 2.39. The minimum Gasteiger partial charge on any atom is -0.457 e. The van der Waals surface area contributed by atoms with Gasteiger partial charge in [0.2, 0.25) is 0 Å². The summed E-state index contributed by atoms with van der Waals surface area (Å²) >= 11 is 0. The van der Waals surface area contributed by atoms with E-state index in [0.29, 0.717) is 0 Å². The van der Waals surface area contributed by atoms with Gasteiger partial charge in [-0.15, -0.1) is 0 Å². The molecule has 0 unspecified atom stereocenters. The fourth-order valence-electron chi connectivity index (χ4n) is 8.85. The topological polar surface area (TPSA) is 25.6 Å². The molecule has 8 aromatic carbocycles. The number of rotatable bonds is 4. The van der Waals surface area contributed by atoms with Gasteiger partial charge in [-0.25, -0.2) is 0 Å². The number of anilines is 3. The van der Waals surface area contributed by atoms with E-state index in [9.17, 15) is 0 Å². The Kier molecular flexibility index (Phi) is 6.17. The van der Waals surface area contributed by atoms with Gasteiger partial charge in [0.25, 0.3) is 0 Å². The van der Waals surface area contributed by atoms with Gasteiger partial charge < -0.3 is 14.1 Å². The first-order valence-corrected chi connectivity index (χ1v) is 17.8. The van der Waals surface area contributed by atoms with Gasteiger partial charge in [-0.1, -0.05) is 140 Å². The summed E-state index contributed by atoms with van der Waals surface area (Å²) in [6.45, 7) is 0. The minimum atomic E-state index is -0.549. The van der Waals surface area contributed by atoms with Crippen LogP contribution in [0.2, 0.25) is 0 Å². The lowest BCUT2D eigenvalue weighted by molar-refractivity contribution is 0.436. The van der Waals surface area contributed by atoms with Gasteiger partial charge in [0, 0.05) is 50.5 Å². The minimum absolute atomic E-state index is 0.549. The van der Waals surface area contributed by atoms with E-state index in [0.717, 1.165) is 72.8 Å². The molecule has 0 amide bonds. The highest BCUT2D eigenvalue weighted by molar-refractivity contribution is 6.10. The Balaban J connectivity index is 1.18. The third kappa shape index (κ3) is 3.96. The maximum Gasteiger partial charge on any atom is 0.143 e. The maximum absolute atomic E-state index is 6.78. The van der Waals surface area contributed by atoms with Crippen LogP contribution in [0.25, 0.3) is 44.2 Å². The van der Waals surface area contributed by atoms with Crippen molar-refractivity contribution in [3.05, 3.63) is 210 Å². The molecular formula is C49H31NO2. The number of para-hydroxylation sites is 4. The largest absolute Gasteiger partial charge is 0.457 e. The predicted octanol–water partition coefficient (Wildman–Crippen LogP) is 13.2. The van der Waals surface area contributed by atoms with E-state index in [1.807, 2.05) is 6.07 Å². The molecule has 0 N–H and O–H groups in total. The van der Waals surface area contributed by atoms with Gasteiger partial charge in [-0.3, -0.25) is 0 Å². The average Bonchev–Trinajstić information content (AvgIpc) is 3.73. The first-order valence-electron chi connectivity index (χ1n) is 17.8. The Morgan fingerprint density at radius 1 is 0.423 bits per heavy atom. The Morgan fingerprint density at radius 2 is 1.04 bits per heavy atom. The third-order valence-corrected chi connectivity index (χ3v) is 10.9. The maximum atomic E-state index is 6.78. The molecule has 244 valence electrons. The summed E-state index contributed by atoms with van der Waals surface area (Å²) in [6.07, 6.45) is 0. The first-order chi connectivity index (χ1) is 25.8. The smallest absolute Gasteiger partial charge is 0.143 e. The fraction of sp³-hybridized carbons (Fsp3) is 0.0204. The Bertz CT molecular complexity index is 2790. The summed E-state index contributed by atoms with van der Waals surface area (Å²) in [5.41, 5.74) is 13.9. The molecule has 1 aromatic heterocycles. The van der Waals surface area contributed by atoms with Crippen LogP contribution in [0.4, 0.5) is 17.1 Å². The van der Waals surface area contributed by atoms with Crippen molar-refractivity contribution in [3.63, 3.8) is 0 Å². The molecule has 1 spiro atoms. The Hall–Kier alpha value is -6.84. The molecule has 0 radical (unpaired) electrons. The SMILES string of the molecule is c1ccc(-c2cccc3c2oc2cc(N(c4ccccc4)c4cccc5c4-c4ccccc4C54c5ccccc5Oc5ccccc54)ccc23)cc1. The van der Waals surface area contributed by atoms with E-state index >= 15 is 0 Å². The van der Waals surface area contributed by atoms with Gasteiger partial charge in [0.15, 0.2) is 0 Å². The number of ether oxygens (including phenoxy) is 1. The molecule has 0 fully saturated rings. The quantitative estimate of drug-likeness (QED) is 0.187. The van der Waals surface area contributed by atoms with Crippen molar-refractivity contribution in [1.29, 1.82) is 0 Å². The number of benzene rings is 8. The summed E-state index contributed by atoms with van der Waals surface area (Å²) in [7, 11) is 0. The van der Waals surface area contributed by atoms with Crippen molar-refractivity contribution in [2.24, 2.45) is 0 Å². The highest BCUT2D eigenvalue weighted by Crippen LogP contribution is 2.64. The molecular weight excluding hydrogens is 635 g/mol. The van der Waals surface area contributed by atoms with Crippen molar-refractivity contribution in [1.82, 2.24) is 0 Å². The van der Waals surface area contributed by atoms with Gasteiger partial charge in [0.05, 0.1) is 11.1 Å². The van der Waals surface area contributed by atoms with Crippen LogP contribution in [0.1, 0.15) is 22.3 Å². The second kappa shape index (κ2) is 11.1. The summed E-state index contributed by atoms with van der Waals surface area (Å²) in [5, 5.41) is 2.21. The average molecular weight is 666 g/mol. The van der Waals surface area contributed by atoms with Gasteiger partial charge in [-0.05, 0) is 64.7 Å². The van der Waals surface area contributed by atoms with Crippen LogP contribution in [0, 0.1) is 0 Å². The molecule has 9 aromatic rings. The number of hydrogen-bond donors (Lipinski definition) is 0. The zero-order valence-corrected chi connectivity index (χ0v) is 28.2. The van der Waals surface area contributed by atoms with Crippen LogP contribution in [0.5, 0.6) is 11.5 Å². The number of hydrogen-bond acceptors (Lipinski definition) is 3. The molecule has 2 aliphatic rings. The lowest BCUT2D eigenvalue weighted by Crippen LogP contribution is -2.32. The van der Waals surface area contributed by atoms with E-state index in [2.05, 4.69) is 187 Å². The Labute approximate surface area is 301 Å². The van der Waals surface area contributed by atoms with Crippen molar-refractivity contribution in [2.45, 2.75) is 5.41 Å². The van der Waals surface area contributed by atoms with Gasteiger partial charge >= 0.3 is 0 Å². The fourth-order valence-corrected chi connectivity index (χ4v) is 8.85. The van der Waals surface area contributed by atoms with Gasteiger partial charge in [0.1, 0.15) is 22.7 Å². The summed E-state index contributed by atoms with van der Waals surface area (Å²) in [5.74, 6) is 1.78. The second-order valence-electron chi connectivity index (χ2n) is 13.6. The molecule has 3 nitrogen and oxygen atoms in total. The van der Waals surface area contributed by atoms with Crippen LogP contribution in [-0.4, -0.2) is 0 Å². The van der Waals surface area contributed by atoms with E-state index in [4.69, 9.17) is 9.15 Å². The molecule has 1 aliphatic carbocycles. The molecule has 3 heteroatoms. The molecule has 0 saturated carbocycles. The number of nitrogens with zero attached hydrogens (tertiary/aromatic N) is 1. The van der Waals surface area contributed by atoms with Crippen LogP contribution in [-0.2, 0) is 5.41 Å². The molecule has 11 rings (SSSR count). The zero-order valence-electron chi connectivity index (χ0n) is 28.2. The highest BCUT2D eigenvalue weighted by atomic mass is 16.5. The lowest BCUT2D eigenvalue weighted by Gasteiger charge is -2.39. The van der Waals surface area contributed by atoms with E-state index in [1.165, 1.54) is 22.3 Å². The second-order valence-corrected chi connectivity index (χ2v) is 13.6. The molecule has 1 aliphatic heterocycles. The molecule has 0 atom stereocenters. The van der Waals surface area contributed by atoms with Crippen LogP contribution in [0.3, 0.4) is 0 Å². The number of furan rings is 1. The van der Waals surface area contributed by atoms with Gasteiger partial charge in [-0.2, -0.15) is 0 Å². The normalized spacial score (nSPS) is 13.3. The summed E-state index contributed by atoms with van der Waals surface area (Å²) in [6, 6.07) is 66.9. The third-order valence-electron chi connectivity index (χ3n) is 10.9. The van der Waals surface area contributed by atoms with Crippen molar-refractivity contribution >= 4 is 39.0 Å². The predicted molar refractivity (Wildman–Crippen MR) is 211 cm³/mol. The van der Waals surface area contributed by atoms with Crippen molar-refractivity contribution in [2.75, 3.05) is 4.90 Å². The Morgan fingerprint density at radius 3 is 1.81 bits per heavy atom. The van der Waals surface area contributed by atoms with E-state index in [1.54, 1.807) is 0 Å². The highest BCUT2D eigenvalue weighted by Gasteiger charge is 2.51. The standard InChI is InChI=1S/C49H31NO2/c1-3-15-32(16-4-1)35-20-13-21-37-36-30-29-34(31-46(36)52-48(35)37)50(33-17-5-2-6-18-33)43-26-14-25-42-47(43)38-19-7-8-22-39(38)49(42)40-23-9-11-27-44(40)51-45-28-12-10-24-41(45)49/h1-31H. The molecule has 52 heavy (non-hydrogen) atoms. The van der Waals surface area contributed by atoms with Crippen molar-refractivity contribution < 1.29 is 9.15 Å².